The van der Waals surface area contributed by atoms with Gasteiger partial charge in [0.2, 0.25) is 0 Å². The molecule has 2 heterocycles. The van der Waals surface area contributed by atoms with Crippen molar-refractivity contribution in [3.05, 3.63) is 0 Å². The van der Waals surface area contributed by atoms with E-state index in [0.29, 0.717) is 26.2 Å². The summed E-state index contributed by atoms with van der Waals surface area (Å²) in [6.45, 7) is 6.31. The lowest BCUT2D eigenvalue weighted by atomic mass is 10.0. The van der Waals surface area contributed by atoms with Gasteiger partial charge in [-0.15, -0.1) is 0 Å². The van der Waals surface area contributed by atoms with Gasteiger partial charge in [0.1, 0.15) is 0 Å². The van der Waals surface area contributed by atoms with Crippen LogP contribution in [0.5, 0.6) is 0 Å². The SMILES string of the molecule is CC1CN(S(=O)(=O)N2CCCC(CO)C2)CC(C)N1C. The lowest BCUT2D eigenvalue weighted by molar-refractivity contribution is 0.0967. The summed E-state index contributed by atoms with van der Waals surface area (Å²) in [6.07, 6.45) is 1.75. The Hall–Kier alpha value is -0.210. The molecule has 0 aromatic heterocycles. The van der Waals surface area contributed by atoms with Crippen LogP contribution in [0.15, 0.2) is 0 Å². The fraction of sp³-hybridized carbons (Fsp3) is 1.00. The first-order valence-electron chi connectivity index (χ1n) is 7.44. The van der Waals surface area contributed by atoms with Crippen molar-refractivity contribution in [3.8, 4) is 0 Å². The van der Waals surface area contributed by atoms with Gasteiger partial charge in [-0.05, 0) is 39.7 Å². The first-order valence-corrected chi connectivity index (χ1v) is 8.84. The van der Waals surface area contributed by atoms with Crippen LogP contribution in [0.1, 0.15) is 26.7 Å². The summed E-state index contributed by atoms with van der Waals surface area (Å²) in [7, 11) is -1.34. The Kier molecular flexibility index (Phi) is 5.07. The minimum atomic E-state index is -3.39. The second-order valence-electron chi connectivity index (χ2n) is 6.24. The van der Waals surface area contributed by atoms with E-state index in [0.717, 1.165) is 12.8 Å². The zero-order chi connectivity index (χ0) is 14.9. The van der Waals surface area contributed by atoms with Crippen LogP contribution in [0.3, 0.4) is 0 Å². The molecule has 0 saturated carbocycles. The van der Waals surface area contributed by atoms with Gasteiger partial charge in [0, 0.05) is 44.9 Å². The van der Waals surface area contributed by atoms with Crippen LogP contribution < -0.4 is 0 Å². The van der Waals surface area contributed by atoms with Crippen molar-refractivity contribution in [2.24, 2.45) is 5.92 Å². The third-order valence-electron chi connectivity index (χ3n) is 4.72. The van der Waals surface area contributed by atoms with Crippen LogP contribution in [-0.4, -0.2) is 79.0 Å². The van der Waals surface area contributed by atoms with Crippen LogP contribution in [0.2, 0.25) is 0 Å². The lowest BCUT2D eigenvalue weighted by Crippen LogP contribution is -2.59. The Bertz CT molecular complexity index is 417. The Balaban J connectivity index is 2.10. The van der Waals surface area contributed by atoms with Gasteiger partial charge in [-0.2, -0.15) is 17.0 Å². The molecule has 2 saturated heterocycles. The highest BCUT2D eigenvalue weighted by Gasteiger charge is 2.38. The van der Waals surface area contributed by atoms with Gasteiger partial charge in [-0.3, -0.25) is 4.90 Å². The van der Waals surface area contributed by atoms with E-state index >= 15 is 0 Å². The summed E-state index contributed by atoms with van der Waals surface area (Å²) in [6, 6.07) is 0.457. The summed E-state index contributed by atoms with van der Waals surface area (Å²) >= 11 is 0. The third-order valence-corrected chi connectivity index (χ3v) is 6.65. The normalized spacial score (nSPS) is 35.3. The summed E-state index contributed by atoms with van der Waals surface area (Å²) in [5.74, 6) is 0.0841. The Morgan fingerprint density at radius 2 is 1.70 bits per heavy atom. The van der Waals surface area contributed by atoms with E-state index in [4.69, 9.17) is 0 Å². The molecule has 2 aliphatic heterocycles. The van der Waals surface area contributed by atoms with Crippen molar-refractivity contribution < 1.29 is 13.5 Å². The van der Waals surface area contributed by atoms with Gasteiger partial charge in [-0.1, -0.05) is 0 Å². The second-order valence-corrected chi connectivity index (χ2v) is 8.17. The number of hydrogen-bond donors (Lipinski definition) is 1. The van der Waals surface area contributed by atoms with Gasteiger partial charge in [0.05, 0.1) is 0 Å². The molecule has 0 bridgehead atoms. The van der Waals surface area contributed by atoms with E-state index in [1.54, 1.807) is 8.61 Å². The Morgan fingerprint density at radius 3 is 2.25 bits per heavy atom. The molecule has 20 heavy (non-hydrogen) atoms. The standard InChI is InChI=1S/C13H27N3O3S/c1-11-7-16(8-12(2)14(11)3)20(18,19)15-6-4-5-13(9-15)10-17/h11-13,17H,4-10H2,1-3H3. The van der Waals surface area contributed by atoms with E-state index in [1.807, 2.05) is 7.05 Å². The zero-order valence-electron chi connectivity index (χ0n) is 12.7. The predicted octanol–water partition coefficient (Wildman–Crippen LogP) is -0.0401. The predicted molar refractivity (Wildman–Crippen MR) is 78.6 cm³/mol. The van der Waals surface area contributed by atoms with Gasteiger partial charge in [0.15, 0.2) is 0 Å². The van der Waals surface area contributed by atoms with Crippen molar-refractivity contribution >= 4 is 10.2 Å². The summed E-state index contributed by atoms with van der Waals surface area (Å²) < 4.78 is 28.7. The number of piperazine rings is 1. The van der Waals surface area contributed by atoms with Crippen LogP contribution >= 0.6 is 0 Å². The summed E-state index contributed by atoms with van der Waals surface area (Å²) in [5, 5.41) is 9.26. The molecular weight excluding hydrogens is 278 g/mol. The number of nitrogens with zero attached hydrogens (tertiary/aromatic N) is 3. The quantitative estimate of drug-likeness (QED) is 0.795. The molecule has 6 nitrogen and oxygen atoms in total. The number of hydrogen-bond acceptors (Lipinski definition) is 4. The molecule has 2 aliphatic rings. The first-order chi connectivity index (χ1) is 9.36. The van der Waals surface area contributed by atoms with E-state index in [1.165, 1.54) is 0 Å². The minimum absolute atomic E-state index is 0.0710. The molecule has 2 rings (SSSR count). The molecule has 0 aliphatic carbocycles. The van der Waals surface area contributed by atoms with Crippen LogP contribution in [0, 0.1) is 5.92 Å². The maximum Gasteiger partial charge on any atom is 0.282 e. The van der Waals surface area contributed by atoms with Gasteiger partial charge >= 0.3 is 0 Å². The fourth-order valence-electron chi connectivity index (χ4n) is 3.09. The largest absolute Gasteiger partial charge is 0.396 e. The zero-order valence-corrected chi connectivity index (χ0v) is 13.5. The third kappa shape index (κ3) is 3.17. The van der Waals surface area contributed by atoms with Crippen LogP contribution in [-0.2, 0) is 10.2 Å². The average Bonchev–Trinajstić information content (AvgIpc) is 2.44. The van der Waals surface area contributed by atoms with E-state index in [2.05, 4.69) is 18.7 Å². The van der Waals surface area contributed by atoms with E-state index < -0.39 is 10.2 Å². The summed E-state index contributed by atoms with van der Waals surface area (Å²) in [4.78, 5) is 2.22. The van der Waals surface area contributed by atoms with Crippen molar-refractivity contribution in [2.75, 3.05) is 39.8 Å². The molecule has 0 amide bonds. The number of likely N-dealkylation sites (N-methyl/N-ethyl adjacent to an activating group) is 1. The maximum absolute atomic E-state index is 12.8. The number of rotatable bonds is 3. The molecule has 0 aromatic carbocycles. The molecule has 3 atom stereocenters. The van der Waals surface area contributed by atoms with Gasteiger partial charge in [-0.25, -0.2) is 0 Å². The Morgan fingerprint density at radius 1 is 1.10 bits per heavy atom. The average molecular weight is 305 g/mol. The first kappa shape index (κ1) is 16.2. The van der Waals surface area contributed by atoms with Gasteiger partial charge < -0.3 is 5.11 Å². The van der Waals surface area contributed by atoms with Crippen molar-refractivity contribution in [3.63, 3.8) is 0 Å². The smallest absolute Gasteiger partial charge is 0.282 e. The lowest BCUT2D eigenvalue weighted by Gasteiger charge is -2.44. The molecule has 0 aromatic rings. The highest BCUT2D eigenvalue weighted by Crippen LogP contribution is 2.24. The summed E-state index contributed by atoms with van der Waals surface area (Å²) in [5.41, 5.74) is 0. The monoisotopic (exact) mass is 305 g/mol. The molecule has 0 radical (unpaired) electrons. The van der Waals surface area contributed by atoms with E-state index in [-0.39, 0.29) is 24.6 Å². The van der Waals surface area contributed by atoms with Crippen molar-refractivity contribution in [1.82, 2.24) is 13.5 Å². The molecular formula is C13H27N3O3S. The highest BCUT2D eigenvalue weighted by atomic mass is 32.2. The van der Waals surface area contributed by atoms with Crippen molar-refractivity contribution in [1.29, 1.82) is 0 Å². The molecule has 118 valence electrons. The molecule has 1 N–H and O–H groups in total. The van der Waals surface area contributed by atoms with Gasteiger partial charge in [0.25, 0.3) is 10.2 Å². The number of aliphatic hydroxyl groups is 1. The van der Waals surface area contributed by atoms with E-state index in [9.17, 15) is 13.5 Å². The number of piperidine rings is 1. The van der Waals surface area contributed by atoms with Crippen LogP contribution in [0.25, 0.3) is 0 Å². The molecule has 0 spiro atoms. The Labute approximate surface area is 122 Å². The minimum Gasteiger partial charge on any atom is -0.396 e. The highest BCUT2D eigenvalue weighted by molar-refractivity contribution is 7.86. The molecule has 7 heteroatoms. The number of aliphatic hydroxyl groups excluding tert-OH is 1. The molecule has 3 unspecified atom stereocenters. The molecule has 2 fully saturated rings. The van der Waals surface area contributed by atoms with Crippen molar-refractivity contribution in [2.45, 2.75) is 38.8 Å². The van der Waals surface area contributed by atoms with Crippen LogP contribution in [0.4, 0.5) is 0 Å². The maximum atomic E-state index is 12.8. The fourth-order valence-corrected chi connectivity index (χ4v) is 4.99. The topological polar surface area (TPSA) is 64.1 Å². The second kappa shape index (κ2) is 6.27.